The number of carbonyl (C=O) groups excluding carboxylic acids is 1. The lowest BCUT2D eigenvalue weighted by atomic mass is 9.86. The van der Waals surface area contributed by atoms with Crippen molar-refractivity contribution in [2.45, 2.75) is 79.6 Å². The van der Waals surface area contributed by atoms with Gasteiger partial charge < -0.3 is 15.2 Å². The summed E-state index contributed by atoms with van der Waals surface area (Å²) in [7, 11) is 1.83. The van der Waals surface area contributed by atoms with Gasteiger partial charge in [-0.3, -0.25) is 4.79 Å². The molecule has 1 unspecified atom stereocenters. The van der Waals surface area contributed by atoms with Gasteiger partial charge in [0.2, 0.25) is 5.91 Å². The van der Waals surface area contributed by atoms with E-state index < -0.39 is 0 Å². The second kappa shape index (κ2) is 12.1. The summed E-state index contributed by atoms with van der Waals surface area (Å²) in [5.41, 5.74) is 10.2. The van der Waals surface area contributed by atoms with E-state index in [-0.39, 0.29) is 5.91 Å². The Bertz CT molecular complexity index is 1160. The van der Waals surface area contributed by atoms with Crippen molar-refractivity contribution >= 4 is 22.4 Å². The fourth-order valence-electron chi connectivity index (χ4n) is 5.31. The molecule has 1 atom stereocenters. The predicted molar refractivity (Wildman–Crippen MR) is 155 cm³/mol. The summed E-state index contributed by atoms with van der Waals surface area (Å²) in [6.45, 7) is 22.1. The van der Waals surface area contributed by atoms with E-state index in [1.54, 1.807) is 0 Å². The van der Waals surface area contributed by atoms with E-state index in [9.17, 15) is 4.79 Å². The van der Waals surface area contributed by atoms with Gasteiger partial charge in [0.1, 0.15) is 0 Å². The van der Waals surface area contributed by atoms with Crippen molar-refractivity contribution in [2.75, 3.05) is 26.7 Å². The molecular formula is C32H47N3O. The number of carbonyl (C=O) groups is 1. The molecule has 0 aliphatic carbocycles. The SMILES string of the molecule is C=C(C)/C(C)=C(\C=C(\C)C(C)CC)c1[nH]c2ccc(C3CCN(C(=O)CNC)CC3)cc2c1C(C)C. The minimum Gasteiger partial charge on any atom is -0.354 e. The van der Waals surface area contributed by atoms with Gasteiger partial charge in [-0.1, -0.05) is 57.6 Å². The molecule has 1 aliphatic rings. The molecule has 4 heteroatoms. The third-order valence-electron chi connectivity index (χ3n) is 8.16. The van der Waals surface area contributed by atoms with E-state index in [0.717, 1.165) is 37.9 Å². The van der Waals surface area contributed by atoms with Crippen LogP contribution < -0.4 is 5.32 Å². The van der Waals surface area contributed by atoms with Crippen molar-refractivity contribution in [1.82, 2.24) is 15.2 Å². The number of hydrogen-bond donors (Lipinski definition) is 2. The molecule has 2 heterocycles. The molecule has 1 aromatic heterocycles. The van der Waals surface area contributed by atoms with E-state index >= 15 is 0 Å². The number of allylic oxidation sites excluding steroid dienone is 5. The van der Waals surface area contributed by atoms with E-state index in [1.165, 1.54) is 44.4 Å². The Morgan fingerprint density at radius 1 is 1.19 bits per heavy atom. The zero-order valence-electron chi connectivity index (χ0n) is 23.8. The van der Waals surface area contributed by atoms with Gasteiger partial charge in [-0.05, 0) is 93.7 Å². The van der Waals surface area contributed by atoms with Crippen LogP contribution in [-0.2, 0) is 4.79 Å². The van der Waals surface area contributed by atoms with Crippen LogP contribution in [0.4, 0.5) is 0 Å². The Labute approximate surface area is 218 Å². The van der Waals surface area contributed by atoms with Crippen molar-refractivity contribution in [3.05, 3.63) is 64.4 Å². The second-order valence-electron chi connectivity index (χ2n) is 11.1. The first-order chi connectivity index (χ1) is 17.1. The molecule has 3 rings (SSSR count). The molecule has 1 aromatic carbocycles. The standard InChI is InChI=1S/C32H47N3O/c1-10-22(6)23(7)17-27(24(8)20(2)3)32-31(21(4)5)28-18-26(11-12-29(28)34-32)25-13-15-35(16-14-25)30(36)19-33-9/h11-12,17-18,21-22,25,33-34H,2,10,13-16,19H2,1,3-9H3/b23-17-,27-24+. The highest BCUT2D eigenvalue weighted by Gasteiger charge is 2.25. The predicted octanol–water partition coefficient (Wildman–Crippen LogP) is 7.56. The van der Waals surface area contributed by atoms with Crippen molar-refractivity contribution < 1.29 is 4.79 Å². The van der Waals surface area contributed by atoms with E-state index in [2.05, 4.69) is 89.6 Å². The van der Waals surface area contributed by atoms with Crippen LogP contribution in [0.15, 0.2) is 47.6 Å². The minimum atomic E-state index is 0.205. The number of nitrogens with one attached hydrogen (secondary N) is 2. The summed E-state index contributed by atoms with van der Waals surface area (Å²) in [5, 5.41) is 4.31. The number of aromatic amines is 1. The monoisotopic (exact) mass is 489 g/mol. The number of nitrogens with zero attached hydrogens (tertiary/aromatic N) is 1. The topological polar surface area (TPSA) is 48.1 Å². The van der Waals surface area contributed by atoms with E-state index in [4.69, 9.17) is 0 Å². The molecule has 0 spiro atoms. The number of rotatable bonds is 9. The molecule has 1 aliphatic heterocycles. The van der Waals surface area contributed by atoms with Gasteiger partial charge in [-0.15, -0.1) is 0 Å². The van der Waals surface area contributed by atoms with Gasteiger partial charge >= 0.3 is 0 Å². The molecule has 0 bridgehead atoms. The van der Waals surface area contributed by atoms with Crippen LogP contribution in [0, 0.1) is 5.92 Å². The molecule has 4 nitrogen and oxygen atoms in total. The van der Waals surface area contributed by atoms with Crippen molar-refractivity contribution in [3.63, 3.8) is 0 Å². The zero-order chi connectivity index (χ0) is 26.6. The Kier molecular flexibility index (Phi) is 9.41. The summed E-state index contributed by atoms with van der Waals surface area (Å²) in [5.74, 6) is 1.63. The maximum atomic E-state index is 12.3. The normalized spacial score (nSPS) is 17.0. The fraction of sp³-hybridized carbons (Fsp3) is 0.531. The van der Waals surface area contributed by atoms with Crippen LogP contribution in [0.2, 0.25) is 0 Å². The average Bonchev–Trinajstić information content (AvgIpc) is 3.25. The Hall–Kier alpha value is -2.59. The van der Waals surface area contributed by atoms with Crippen LogP contribution in [-0.4, -0.2) is 42.5 Å². The van der Waals surface area contributed by atoms with Crippen LogP contribution in [0.25, 0.3) is 16.5 Å². The summed E-state index contributed by atoms with van der Waals surface area (Å²) >= 11 is 0. The first-order valence-corrected chi connectivity index (χ1v) is 13.7. The first kappa shape index (κ1) is 28.0. The molecular weight excluding hydrogens is 442 g/mol. The first-order valence-electron chi connectivity index (χ1n) is 13.7. The van der Waals surface area contributed by atoms with Gasteiger partial charge in [-0.25, -0.2) is 0 Å². The number of aromatic nitrogens is 1. The number of piperidine rings is 1. The lowest BCUT2D eigenvalue weighted by molar-refractivity contribution is -0.131. The second-order valence-corrected chi connectivity index (χ2v) is 11.1. The van der Waals surface area contributed by atoms with Gasteiger partial charge in [0.15, 0.2) is 0 Å². The van der Waals surface area contributed by atoms with Crippen molar-refractivity contribution in [2.24, 2.45) is 5.92 Å². The Morgan fingerprint density at radius 3 is 2.42 bits per heavy atom. The summed E-state index contributed by atoms with van der Waals surface area (Å²) in [6.07, 6.45) is 5.56. The number of H-pyrrole nitrogens is 1. The highest BCUT2D eigenvalue weighted by molar-refractivity contribution is 5.93. The highest BCUT2D eigenvalue weighted by Crippen LogP contribution is 2.39. The largest absolute Gasteiger partial charge is 0.354 e. The number of fused-ring (bicyclic) bond motifs is 1. The lowest BCUT2D eigenvalue weighted by Crippen LogP contribution is -2.41. The number of likely N-dealkylation sites (tertiary alicyclic amines) is 1. The van der Waals surface area contributed by atoms with Gasteiger partial charge in [0.25, 0.3) is 0 Å². The van der Waals surface area contributed by atoms with Crippen molar-refractivity contribution in [3.8, 4) is 0 Å². The number of benzene rings is 1. The van der Waals surface area contributed by atoms with Gasteiger partial charge in [0.05, 0.1) is 12.2 Å². The quantitative estimate of drug-likeness (QED) is 0.357. The molecule has 196 valence electrons. The molecule has 0 saturated carbocycles. The summed E-state index contributed by atoms with van der Waals surface area (Å²) < 4.78 is 0. The molecule has 2 N–H and O–H groups in total. The maximum absolute atomic E-state index is 12.3. The highest BCUT2D eigenvalue weighted by atomic mass is 16.2. The zero-order valence-corrected chi connectivity index (χ0v) is 23.8. The number of amides is 1. The minimum absolute atomic E-state index is 0.205. The van der Waals surface area contributed by atoms with Gasteiger partial charge in [-0.2, -0.15) is 0 Å². The van der Waals surface area contributed by atoms with Gasteiger partial charge in [0, 0.05) is 29.6 Å². The summed E-state index contributed by atoms with van der Waals surface area (Å²) in [6, 6.07) is 6.97. The maximum Gasteiger partial charge on any atom is 0.236 e. The van der Waals surface area contributed by atoms with Crippen LogP contribution >= 0.6 is 0 Å². The number of hydrogen-bond acceptors (Lipinski definition) is 2. The molecule has 1 fully saturated rings. The molecule has 1 saturated heterocycles. The smallest absolute Gasteiger partial charge is 0.236 e. The van der Waals surface area contributed by atoms with E-state index in [1.807, 2.05) is 11.9 Å². The lowest BCUT2D eigenvalue weighted by Gasteiger charge is -2.32. The number of likely N-dealkylation sites (N-methyl/N-ethyl adjacent to an activating group) is 1. The van der Waals surface area contributed by atoms with Crippen LogP contribution in [0.1, 0.15) is 96.4 Å². The molecule has 36 heavy (non-hydrogen) atoms. The fourth-order valence-corrected chi connectivity index (χ4v) is 5.31. The Morgan fingerprint density at radius 2 is 1.86 bits per heavy atom. The van der Waals surface area contributed by atoms with Crippen molar-refractivity contribution in [1.29, 1.82) is 0 Å². The molecule has 1 amide bonds. The molecule has 2 aromatic rings. The molecule has 0 radical (unpaired) electrons. The van der Waals surface area contributed by atoms with Crippen LogP contribution in [0.3, 0.4) is 0 Å². The third kappa shape index (κ3) is 6.03. The average molecular weight is 490 g/mol. The summed E-state index contributed by atoms with van der Waals surface area (Å²) in [4.78, 5) is 18.1. The third-order valence-corrected chi connectivity index (χ3v) is 8.16. The Balaban J connectivity index is 2.05. The van der Waals surface area contributed by atoms with E-state index in [0.29, 0.717) is 24.3 Å². The van der Waals surface area contributed by atoms with Crippen LogP contribution in [0.5, 0.6) is 0 Å².